The number of alkyl halides is 1. The van der Waals surface area contributed by atoms with Crippen molar-refractivity contribution in [3.05, 3.63) is 52.5 Å². The molecule has 0 spiro atoms. The van der Waals surface area contributed by atoms with Gasteiger partial charge in [0.2, 0.25) is 0 Å². The lowest BCUT2D eigenvalue weighted by molar-refractivity contribution is 0.415. The van der Waals surface area contributed by atoms with Gasteiger partial charge in [-0.05, 0) is 29.8 Å². The summed E-state index contributed by atoms with van der Waals surface area (Å²) in [5.74, 6) is 1.31. The largest absolute Gasteiger partial charge is 0.495 e. The molecule has 19 heavy (non-hydrogen) atoms. The van der Waals surface area contributed by atoms with E-state index in [0.717, 1.165) is 27.2 Å². The molecule has 0 aromatic heterocycles. The predicted octanol–water partition coefficient (Wildman–Crippen LogP) is 4.96. The van der Waals surface area contributed by atoms with Gasteiger partial charge in [0.05, 0.1) is 12.8 Å². The fourth-order valence-electron chi connectivity index (χ4n) is 2.00. The molecule has 0 fully saturated rings. The lowest BCUT2D eigenvalue weighted by Crippen LogP contribution is -2.12. The van der Waals surface area contributed by atoms with Crippen LogP contribution in [0.1, 0.15) is 5.56 Å². The summed E-state index contributed by atoms with van der Waals surface area (Å²) in [6.45, 7) is 0. The topological polar surface area (TPSA) is 12.5 Å². The van der Waals surface area contributed by atoms with Gasteiger partial charge in [-0.15, -0.1) is 11.6 Å². The Kier molecular flexibility index (Phi) is 4.72. The van der Waals surface area contributed by atoms with Crippen molar-refractivity contribution in [1.82, 2.24) is 0 Å². The molecule has 0 saturated heterocycles. The van der Waals surface area contributed by atoms with Gasteiger partial charge >= 0.3 is 0 Å². The van der Waals surface area contributed by atoms with Crippen LogP contribution in [0.5, 0.6) is 5.75 Å². The fraction of sp³-hybridized carbons (Fsp3) is 0.200. The first-order valence-corrected chi connectivity index (χ1v) is 7.21. The van der Waals surface area contributed by atoms with Gasteiger partial charge in [-0.2, -0.15) is 0 Å². The summed E-state index contributed by atoms with van der Waals surface area (Å²) in [5.41, 5.74) is 3.15. The Morgan fingerprint density at radius 1 is 1.16 bits per heavy atom. The molecule has 0 bridgehead atoms. The van der Waals surface area contributed by atoms with E-state index < -0.39 is 0 Å². The maximum Gasteiger partial charge on any atom is 0.142 e. The van der Waals surface area contributed by atoms with Gasteiger partial charge in [-0.25, -0.2) is 0 Å². The summed E-state index contributed by atoms with van der Waals surface area (Å²) in [7, 11) is 3.69. The Bertz CT molecular complexity index is 574. The van der Waals surface area contributed by atoms with Crippen LogP contribution >= 0.6 is 27.5 Å². The lowest BCUT2D eigenvalue weighted by atomic mass is 10.1. The van der Waals surface area contributed by atoms with Crippen LogP contribution in [0, 0.1) is 0 Å². The van der Waals surface area contributed by atoms with Crippen LogP contribution < -0.4 is 9.64 Å². The molecule has 0 aliphatic heterocycles. The number of ether oxygens (including phenoxy) is 1. The molecular weight excluding hydrogens is 326 g/mol. The minimum absolute atomic E-state index is 0.474. The Balaban J connectivity index is 2.49. The number of halogens is 2. The zero-order chi connectivity index (χ0) is 13.8. The number of hydrogen-bond donors (Lipinski definition) is 0. The molecule has 0 radical (unpaired) electrons. The van der Waals surface area contributed by atoms with Gasteiger partial charge in [-0.1, -0.05) is 34.1 Å². The third-order valence-corrected chi connectivity index (χ3v) is 3.78. The second kappa shape index (κ2) is 6.31. The van der Waals surface area contributed by atoms with Gasteiger partial charge in [0, 0.05) is 23.1 Å². The van der Waals surface area contributed by atoms with Crippen LogP contribution in [-0.2, 0) is 5.88 Å². The van der Waals surface area contributed by atoms with E-state index >= 15 is 0 Å². The molecule has 0 unspecified atom stereocenters. The molecule has 0 aliphatic rings. The molecule has 0 N–H and O–H groups in total. The summed E-state index contributed by atoms with van der Waals surface area (Å²) in [6.07, 6.45) is 0. The molecule has 2 rings (SSSR count). The summed E-state index contributed by atoms with van der Waals surface area (Å²) in [4.78, 5) is 2.08. The van der Waals surface area contributed by atoms with E-state index in [1.165, 1.54) is 0 Å². The highest BCUT2D eigenvalue weighted by molar-refractivity contribution is 9.10. The molecule has 0 saturated carbocycles. The van der Waals surface area contributed by atoms with E-state index in [2.05, 4.69) is 26.9 Å². The summed E-state index contributed by atoms with van der Waals surface area (Å²) < 4.78 is 6.43. The average molecular weight is 341 g/mol. The van der Waals surface area contributed by atoms with Crippen LogP contribution in [0.15, 0.2) is 46.9 Å². The number of nitrogens with zero attached hydrogens (tertiary/aromatic N) is 1. The predicted molar refractivity (Wildman–Crippen MR) is 84.8 cm³/mol. The van der Waals surface area contributed by atoms with Crippen molar-refractivity contribution >= 4 is 38.9 Å². The minimum atomic E-state index is 0.474. The Labute approximate surface area is 127 Å². The second-order valence-corrected chi connectivity index (χ2v) is 5.32. The van der Waals surface area contributed by atoms with Crippen LogP contribution in [0.25, 0.3) is 0 Å². The van der Waals surface area contributed by atoms with Crippen molar-refractivity contribution in [2.45, 2.75) is 5.88 Å². The van der Waals surface area contributed by atoms with Crippen molar-refractivity contribution in [2.24, 2.45) is 0 Å². The summed E-state index contributed by atoms with van der Waals surface area (Å²) >= 11 is 9.52. The molecule has 100 valence electrons. The summed E-state index contributed by atoms with van der Waals surface area (Å²) in [6, 6.07) is 14.0. The first-order valence-electron chi connectivity index (χ1n) is 5.88. The molecule has 4 heteroatoms. The van der Waals surface area contributed by atoms with Crippen LogP contribution in [-0.4, -0.2) is 14.2 Å². The van der Waals surface area contributed by atoms with Crippen LogP contribution in [0.3, 0.4) is 0 Å². The van der Waals surface area contributed by atoms with Gasteiger partial charge in [0.1, 0.15) is 5.75 Å². The molecular formula is C15H15BrClNO. The Morgan fingerprint density at radius 3 is 2.58 bits per heavy atom. The van der Waals surface area contributed by atoms with E-state index in [1.807, 2.05) is 43.4 Å². The van der Waals surface area contributed by atoms with Crippen molar-refractivity contribution in [1.29, 1.82) is 0 Å². The first kappa shape index (κ1) is 14.2. The zero-order valence-electron chi connectivity index (χ0n) is 10.9. The third-order valence-electron chi connectivity index (χ3n) is 3.00. The highest BCUT2D eigenvalue weighted by atomic mass is 79.9. The van der Waals surface area contributed by atoms with Crippen molar-refractivity contribution in [3.63, 3.8) is 0 Å². The number of anilines is 2. The van der Waals surface area contributed by atoms with Crippen molar-refractivity contribution in [3.8, 4) is 5.75 Å². The average Bonchev–Trinajstić information content (AvgIpc) is 2.46. The monoisotopic (exact) mass is 339 g/mol. The zero-order valence-corrected chi connectivity index (χ0v) is 13.2. The van der Waals surface area contributed by atoms with Gasteiger partial charge in [-0.3, -0.25) is 0 Å². The highest BCUT2D eigenvalue weighted by Gasteiger charge is 2.13. The normalized spacial score (nSPS) is 10.3. The van der Waals surface area contributed by atoms with Crippen LogP contribution in [0.2, 0.25) is 0 Å². The number of hydrogen-bond acceptors (Lipinski definition) is 2. The van der Waals surface area contributed by atoms with Gasteiger partial charge in [0.15, 0.2) is 0 Å². The number of rotatable bonds is 4. The first-order chi connectivity index (χ1) is 9.17. The highest BCUT2D eigenvalue weighted by Crippen LogP contribution is 2.35. The quantitative estimate of drug-likeness (QED) is 0.729. The molecule has 0 heterocycles. The maximum atomic E-state index is 6.02. The standard InChI is InChI=1S/C15H15BrClNO/c1-18(13-5-3-4-6-15(13)19-2)14-9-12(16)8-7-11(14)10-17/h3-9H,10H2,1-2H3. The lowest BCUT2D eigenvalue weighted by Gasteiger charge is -2.24. The molecule has 2 aromatic carbocycles. The third kappa shape index (κ3) is 3.04. The Morgan fingerprint density at radius 2 is 1.89 bits per heavy atom. The van der Waals surface area contributed by atoms with Gasteiger partial charge < -0.3 is 9.64 Å². The van der Waals surface area contributed by atoms with Crippen molar-refractivity contribution in [2.75, 3.05) is 19.1 Å². The van der Waals surface area contributed by atoms with Crippen molar-refractivity contribution < 1.29 is 4.74 Å². The molecule has 2 aromatic rings. The Hall–Kier alpha value is -1.19. The van der Waals surface area contributed by atoms with E-state index in [9.17, 15) is 0 Å². The van der Waals surface area contributed by atoms with E-state index in [-0.39, 0.29) is 0 Å². The summed E-state index contributed by atoms with van der Waals surface area (Å²) in [5, 5.41) is 0. The fourth-order valence-corrected chi connectivity index (χ4v) is 2.57. The number of para-hydroxylation sites is 2. The van der Waals surface area contributed by atoms with E-state index in [1.54, 1.807) is 7.11 Å². The number of benzene rings is 2. The maximum absolute atomic E-state index is 6.02. The molecule has 0 aliphatic carbocycles. The van der Waals surface area contributed by atoms with Crippen LogP contribution in [0.4, 0.5) is 11.4 Å². The smallest absolute Gasteiger partial charge is 0.142 e. The molecule has 0 amide bonds. The van der Waals surface area contributed by atoms with E-state index in [0.29, 0.717) is 5.88 Å². The second-order valence-electron chi connectivity index (χ2n) is 4.14. The van der Waals surface area contributed by atoms with E-state index in [4.69, 9.17) is 16.3 Å². The SMILES string of the molecule is COc1ccccc1N(C)c1cc(Br)ccc1CCl. The molecule has 0 atom stereocenters. The number of methoxy groups -OCH3 is 1. The molecule has 2 nitrogen and oxygen atoms in total. The van der Waals surface area contributed by atoms with Gasteiger partial charge in [0.25, 0.3) is 0 Å². The minimum Gasteiger partial charge on any atom is -0.495 e.